The Kier molecular flexibility index (Phi) is 3.47. The normalized spacial score (nSPS) is 9.93. The van der Waals surface area contributed by atoms with Crippen molar-refractivity contribution in [2.45, 2.75) is 26.2 Å². The minimum atomic E-state index is 0.313. The van der Waals surface area contributed by atoms with Gasteiger partial charge < -0.3 is 4.74 Å². The number of hydrogen-bond donors (Lipinski definition) is 0. The molecular weight excluding hydrogens is 176 g/mol. The summed E-state index contributed by atoms with van der Waals surface area (Å²) in [5.74, 6) is 0.920. The first-order valence-electron chi connectivity index (χ1n) is 4.59. The molecule has 0 radical (unpaired) electrons. The van der Waals surface area contributed by atoms with E-state index in [-0.39, 0.29) is 0 Å². The Bertz CT molecular complexity index is 353. The maximum absolute atomic E-state index is 8.64. The molecule has 3 heteroatoms. The predicted molar refractivity (Wildman–Crippen MR) is 54.2 cm³/mol. The number of rotatable bonds is 3. The predicted octanol–water partition coefficient (Wildman–Crippen LogP) is 2.28. The first kappa shape index (κ1) is 10.5. The van der Waals surface area contributed by atoms with Gasteiger partial charge in [-0.2, -0.15) is 5.26 Å². The summed E-state index contributed by atoms with van der Waals surface area (Å²) in [6, 6.07) is 5.83. The molecule has 0 amide bonds. The van der Waals surface area contributed by atoms with E-state index in [0.29, 0.717) is 18.2 Å². The lowest BCUT2D eigenvalue weighted by Gasteiger charge is -2.10. The Morgan fingerprint density at radius 1 is 1.50 bits per heavy atom. The summed E-state index contributed by atoms with van der Waals surface area (Å²) in [6.07, 6.45) is 0.407. The highest BCUT2D eigenvalue weighted by Gasteiger charge is 2.09. The molecule has 1 rings (SSSR count). The molecule has 0 atom stereocenters. The Morgan fingerprint density at radius 2 is 2.21 bits per heavy atom. The third-order valence-electron chi connectivity index (χ3n) is 2.01. The van der Waals surface area contributed by atoms with Gasteiger partial charge in [0.25, 0.3) is 0 Å². The van der Waals surface area contributed by atoms with Crippen LogP contribution in [0.5, 0.6) is 5.88 Å². The van der Waals surface area contributed by atoms with Crippen LogP contribution >= 0.6 is 0 Å². The van der Waals surface area contributed by atoms with Crippen LogP contribution < -0.4 is 4.74 Å². The van der Waals surface area contributed by atoms with Gasteiger partial charge in [-0.3, -0.25) is 0 Å². The van der Waals surface area contributed by atoms with Crippen LogP contribution in [0.25, 0.3) is 0 Å². The van der Waals surface area contributed by atoms with Crippen LogP contribution in [0.15, 0.2) is 12.1 Å². The van der Waals surface area contributed by atoms with Gasteiger partial charge in [0.15, 0.2) is 0 Å². The van der Waals surface area contributed by atoms with Crippen molar-refractivity contribution >= 4 is 0 Å². The fourth-order valence-electron chi connectivity index (χ4n) is 1.33. The molecule has 1 aromatic rings. The van der Waals surface area contributed by atoms with Crippen LogP contribution in [-0.2, 0) is 6.42 Å². The summed E-state index contributed by atoms with van der Waals surface area (Å²) in [5.41, 5.74) is 1.94. The largest absolute Gasteiger partial charge is 0.481 e. The molecule has 1 heterocycles. The number of aromatic nitrogens is 1. The second-order valence-electron chi connectivity index (χ2n) is 3.39. The summed E-state index contributed by atoms with van der Waals surface area (Å²) < 4.78 is 5.04. The lowest BCUT2D eigenvalue weighted by atomic mass is 10.0. The highest BCUT2D eigenvalue weighted by molar-refractivity contribution is 5.29. The molecule has 0 bridgehead atoms. The Labute approximate surface area is 84.3 Å². The molecule has 0 aliphatic heterocycles. The van der Waals surface area contributed by atoms with Crippen molar-refractivity contribution in [1.29, 1.82) is 5.26 Å². The van der Waals surface area contributed by atoms with Crippen molar-refractivity contribution in [3.63, 3.8) is 0 Å². The molecule has 0 aromatic carbocycles. The van der Waals surface area contributed by atoms with Crippen LogP contribution in [0, 0.1) is 11.3 Å². The molecule has 0 saturated carbocycles. The maximum atomic E-state index is 8.64. The molecule has 3 nitrogen and oxygen atoms in total. The quantitative estimate of drug-likeness (QED) is 0.734. The maximum Gasteiger partial charge on any atom is 0.213 e. The second-order valence-corrected chi connectivity index (χ2v) is 3.39. The molecule has 0 unspecified atom stereocenters. The minimum absolute atomic E-state index is 0.313. The standard InChI is InChI=1S/C11H14N2O/c1-8(2)11-9(6-7-12)4-5-10(13-11)14-3/h4-5,8H,6H2,1-3H3. The van der Waals surface area contributed by atoms with Gasteiger partial charge in [0.05, 0.1) is 25.3 Å². The number of methoxy groups -OCH3 is 1. The number of ether oxygens (including phenoxy) is 1. The molecule has 1 aromatic heterocycles. The van der Waals surface area contributed by atoms with Gasteiger partial charge in [-0.05, 0) is 11.5 Å². The van der Waals surface area contributed by atoms with Gasteiger partial charge in [0.1, 0.15) is 0 Å². The highest BCUT2D eigenvalue weighted by atomic mass is 16.5. The average molecular weight is 190 g/mol. The highest BCUT2D eigenvalue weighted by Crippen LogP contribution is 2.20. The first-order chi connectivity index (χ1) is 6.69. The fourth-order valence-corrected chi connectivity index (χ4v) is 1.33. The van der Waals surface area contributed by atoms with Crippen LogP contribution in [0.3, 0.4) is 0 Å². The van der Waals surface area contributed by atoms with E-state index >= 15 is 0 Å². The van der Waals surface area contributed by atoms with Gasteiger partial charge in [-0.25, -0.2) is 4.98 Å². The summed E-state index contributed by atoms with van der Waals surface area (Å²) in [4.78, 5) is 4.34. The topological polar surface area (TPSA) is 45.9 Å². The van der Waals surface area contributed by atoms with E-state index in [1.54, 1.807) is 13.2 Å². The van der Waals surface area contributed by atoms with Crippen LogP contribution in [-0.4, -0.2) is 12.1 Å². The summed E-state index contributed by atoms with van der Waals surface area (Å²) in [6.45, 7) is 4.12. The molecule has 0 fully saturated rings. The van der Waals surface area contributed by atoms with E-state index in [0.717, 1.165) is 11.3 Å². The van der Waals surface area contributed by atoms with E-state index in [1.165, 1.54) is 0 Å². The summed E-state index contributed by atoms with van der Waals surface area (Å²) in [7, 11) is 1.59. The first-order valence-corrected chi connectivity index (χ1v) is 4.59. The zero-order chi connectivity index (χ0) is 10.6. The number of nitrogens with zero attached hydrogens (tertiary/aromatic N) is 2. The molecular formula is C11H14N2O. The average Bonchev–Trinajstić information content (AvgIpc) is 2.18. The van der Waals surface area contributed by atoms with Crippen molar-refractivity contribution in [2.24, 2.45) is 0 Å². The molecule has 0 spiro atoms. The molecule has 0 N–H and O–H groups in total. The van der Waals surface area contributed by atoms with Crippen molar-refractivity contribution in [3.8, 4) is 11.9 Å². The van der Waals surface area contributed by atoms with E-state index < -0.39 is 0 Å². The third kappa shape index (κ3) is 2.23. The van der Waals surface area contributed by atoms with E-state index in [2.05, 4.69) is 24.9 Å². The monoisotopic (exact) mass is 190 g/mol. The van der Waals surface area contributed by atoms with E-state index in [9.17, 15) is 0 Å². The van der Waals surface area contributed by atoms with E-state index in [4.69, 9.17) is 10.00 Å². The van der Waals surface area contributed by atoms with Gasteiger partial charge in [-0.15, -0.1) is 0 Å². The SMILES string of the molecule is COc1ccc(CC#N)c(C(C)C)n1. The fraction of sp³-hybridized carbons (Fsp3) is 0.455. The zero-order valence-corrected chi connectivity index (χ0v) is 8.74. The van der Waals surface area contributed by atoms with Gasteiger partial charge in [-0.1, -0.05) is 19.9 Å². The lowest BCUT2D eigenvalue weighted by Crippen LogP contribution is -2.01. The molecule has 0 aliphatic rings. The second kappa shape index (κ2) is 4.61. The Balaban J connectivity index is 3.11. The van der Waals surface area contributed by atoms with Crippen LogP contribution in [0.1, 0.15) is 31.0 Å². The van der Waals surface area contributed by atoms with Crippen molar-refractivity contribution in [3.05, 3.63) is 23.4 Å². The minimum Gasteiger partial charge on any atom is -0.481 e. The molecule has 14 heavy (non-hydrogen) atoms. The zero-order valence-electron chi connectivity index (χ0n) is 8.74. The summed E-state index contributed by atoms with van der Waals surface area (Å²) >= 11 is 0. The lowest BCUT2D eigenvalue weighted by molar-refractivity contribution is 0.395. The van der Waals surface area contributed by atoms with Crippen molar-refractivity contribution in [2.75, 3.05) is 7.11 Å². The van der Waals surface area contributed by atoms with Gasteiger partial charge >= 0.3 is 0 Å². The number of hydrogen-bond acceptors (Lipinski definition) is 3. The Morgan fingerprint density at radius 3 is 2.71 bits per heavy atom. The third-order valence-corrected chi connectivity index (χ3v) is 2.01. The number of nitriles is 1. The van der Waals surface area contributed by atoms with Crippen molar-refractivity contribution < 1.29 is 4.74 Å². The van der Waals surface area contributed by atoms with Crippen LogP contribution in [0.4, 0.5) is 0 Å². The number of pyridine rings is 1. The van der Waals surface area contributed by atoms with Crippen LogP contribution in [0.2, 0.25) is 0 Å². The molecule has 0 aliphatic carbocycles. The van der Waals surface area contributed by atoms with Gasteiger partial charge in [0.2, 0.25) is 5.88 Å². The Hall–Kier alpha value is -1.56. The van der Waals surface area contributed by atoms with E-state index in [1.807, 2.05) is 6.07 Å². The molecule has 0 saturated heterocycles. The molecule has 74 valence electrons. The van der Waals surface area contributed by atoms with Gasteiger partial charge in [0, 0.05) is 6.07 Å². The van der Waals surface area contributed by atoms with Crippen molar-refractivity contribution in [1.82, 2.24) is 4.98 Å². The smallest absolute Gasteiger partial charge is 0.213 e. The summed E-state index contributed by atoms with van der Waals surface area (Å²) in [5, 5.41) is 8.64.